The molecule has 24 heavy (non-hydrogen) atoms. The Kier molecular flexibility index (Phi) is 4.81. The first-order valence-corrected chi connectivity index (χ1v) is 8.13. The van der Waals surface area contributed by atoms with Gasteiger partial charge in [0.2, 0.25) is 0 Å². The summed E-state index contributed by atoms with van der Waals surface area (Å²) in [6.45, 7) is 2.46. The quantitative estimate of drug-likeness (QED) is 0.928. The van der Waals surface area contributed by atoms with E-state index in [2.05, 4.69) is 4.90 Å². The number of amides is 1. The smallest absolute Gasteiger partial charge is 0.257 e. The summed E-state index contributed by atoms with van der Waals surface area (Å²) in [5, 5.41) is 10.5. The van der Waals surface area contributed by atoms with Crippen LogP contribution in [0, 0.1) is 0 Å². The third kappa shape index (κ3) is 3.26. The summed E-state index contributed by atoms with van der Waals surface area (Å²) in [5.74, 6) is 0.688. The predicted octanol–water partition coefficient (Wildman–Crippen LogP) is 3.02. The average molecular weight is 347 g/mol. The highest BCUT2D eigenvalue weighted by Gasteiger charge is 2.25. The molecule has 6 heteroatoms. The van der Waals surface area contributed by atoms with Gasteiger partial charge >= 0.3 is 0 Å². The Morgan fingerprint density at radius 1 is 1.12 bits per heavy atom. The average Bonchev–Trinajstić information content (AvgIpc) is 2.62. The van der Waals surface area contributed by atoms with E-state index in [1.807, 2.05) is 12.1 Å². The van der Waals surface area contributed by atoms with Crippen molar-refractivity contribution in [3.63, 3.8) is 0 Å². The van der Waals surface area contributed by atoms with Crippen molar-refractivity contribution in [3.8, 4) is 11.5 Å². The van der Waals surface area contributed by atoms with Gasteiger partial charge in [-0.1, -0.05) is 23.7 Å². The normalized spacial score (nSPS) is 14.6. The minimum absolute atomic E-state index is 0.0914. The van der Waals surface area contributed by atoms with Crippen molar-refractivity contribution in [3.05, 3.63) is 53.1 Å². The van der Waals surface area contributed by atoms with Crippen molar-refractivity contribution in [1.29, 1.82) is 0 Å². The van der Waals surface area contributed by atoms with Gasteiger partial charge in [-0.3, -0.25) is 4.79 Å². The molecule has 2 aromatic carbocycles. The number of ether oxygens (including phenoxy) is 1. The molecule has 1 aliphatic heterocycles. The number of para-hydroxylation sites is 2. The van der Waals surface area contributed by atoms with Crippen molar-refractivity contribution >= 4 is 23.2 Å². The number of hydrogen-bond acceptors (Lipinski definition) is 4. The molecule has 0 unspecified atom stereocenters. The maximum atomic E-state index is 12.8. The number of benzene rings is 2. The number of phenols is 1. The van der Waals surface area contributed by atoms with Crippen molar-refractivity contribution in [1.82, 2.24) is 4.90 Å². The second kappa shape index (κ2) is 7.01. The first kappa shape index (κ1) is 16.5. The minimum atomic E-state index is -0.0914. The molecule has 0 aliphatic carbocycles. The van der Waals surface area contributed by atoms with Crippen LogP contribution in [0.25, 0.3) is 0 Å². The van der Waals surface area contributed by atoms with Gasteiger partial charge in [-0.2, -0.15) is 0 Å². The molecule has 1 aliphatic rings. The first-order valence-electron chi connectivity index (χ1n) is 7.76. The molecular weight excluding hydrogens is 328 g/mol. The van der Waals surface area contributed by atoms with Crippen molar-refractivity contribution in [2.24, 2.45) is 0 Å². The molecule has 126 valence electrons. The molecule has 0 spiro atoms. The van der Waals surface area contributed by atoms with E-state index in [-0.39, 0.29) is 11.7 Å². The van der Waals surface area contributed by atoms with Gasteiger partial charge in [0.1, 0.15) is 11.5 Å². The Bertz CT molecular complexity index is 743. The summed E-state index contributed by atoms with van der Waals surface area (Å²) in [6.07, 6.45) is 0. The highest BCUT2D eigenvalue weighted by atomic mass is 35.5. The zero-order valence-electron chi connectivity index (χ0n) is 13.4. The first-order chi connectivity index (χ1) is 11.6. The maximum Gasteiger partial charge on any atom is 0.257 e. The van der Waals surface area contributed by atoms with E-state index in [1.165, 1.54) is 7.11 Å². The van der Waals surface area contributed by atoms with Crippen LogP contribution in [0.4, 0.5) is 5.69 Å². The van der Waals surface area contributed by atoms with Crippen molar-refractivity contribution < 1.29 is 14.6 Å². The Morgan fingerprint density at radius 2 is 1.83 bits per heavy atom. The second-order valence-electron chi connectivity index (χ2n) is 5.61. The number of hydrogen-bond donors (Lipinski definition) is 1. The van der Waals surface area contributed by atoms with Crippen LogP contribution in [0.5, 0.6) is 11.5 Å². The Labute approximate surface area is 146 Å². The number of halogens is 1. The van der Waals surface area contributed by atoms with Crippen LogP contribution in [0.3, 0.4) is 0 Å². The zero-order valence-corrected chi connectivity index (χ0v) is 14.2. The number of carbonyl (C=O) groups is 1. The van der Waals surface area contributed by atoms with Gasteiger partial charge in [0, 0.05) is 31.2 Å². The fourth-order valence-electron chi connectivity index (χ4n) is 2.90. The van der Waals surface area contributed by atoms with E-state index in [4.69, 9.17) is 16.3 Å². The second-order valence-corrected chi connectivity index (χ2v) is 6.05. The van der Waals surface area contributed by atoms with E-state index in [1.54, 1.807) is 35.2 Å². The lowest BCUT2D eigenvalue weighted by Gasteiger charge is -2.36. The topological polar surface area (TPSA) is 53.0 Å². The van der Waals surface area contributed by atoms with Gasteiger partial charge in [-0.05, 0) is 30.3 Å². The number of rotatable bonds is 3. The van der Waals surface area contributed by atoms with Crippen LogP contribution >= 0.6 is 11.6 Å². The highest BCUT2D eigenvalue weighted by Crippen LogP contribution is 2.28. The van der Waals surface area contributed by atoms with Crippen LogP contribution in [-0.4, -0.2) is 49.2 Å². The van der Waals surface area contributed by atoms with E-state index in [9.17, 15) is 9.90 Å². The summed E-state index contributed by atoms with van der Waals surface area (Å²) in [4.78, 5) is 16.6. The molecule has 1 N–H and O–H groups in total. The fraction of sp³-hybridized carbons (Fsp3) is 0.278. The van der Waals surface area contributed by atoms with Crippen LogP contribution < -0.4 is 9.64 Å². The van der Waals surface area contributed by atoms with E-state index in [0.717, 1.165) is 5.69 Å². The lowest BCUT2D eigenvalue weighted by molar-refractivity contribution is 0.0743. The summed E-state index contributed by atoms with van der Waals surface area (Å²) in [5.41, 5.74) is 1.27. The molecule has 0 aromatic heterocycles. The molecule has 5 nitrogen and oxygen atoms in total. The van der Waals surface area contributed by atoms with Gasteiger partial charge in [-0.15, -0.1) is 0 Å². The number of methoxy groups -OCH3 is 1. The summed E-state index contributed by atoms with van der Waals surface area (Å²) >= 11 is 6.02. The molecule has 0 saturated carbocycles. The fourth-order valence-corrected chi connectivity index (χ4v) is 3.07. The van der Waals surface area contributed by atoms with E-state index < -0.39 is 0 Å². The van der Waals surface area contributed by atoms with Gasteiger partial charge < -0.3 is 19.6 Å². The summed E-state index contributed by atoms with van der Waals surface area (Å²) in [6, 6.07) is 12.3. The third-order valence-electron chi connectivity index (χ3n) is 4.18. The van der Waals surface area contributed by atoms with Crippen molar-refractivity contribution in [2.45, 2.75) is 0 Å². The lowest BCUT2D eigenvalue weighted by Crippen LogP contribution is -2.48. The Hall–Kier alpha value is -2.40. The molecule has 1 heterocycles. The number of piperazine rings is 1. The largest absolute Gasteiger partial charge is 0.506 e. The van der Waals surface area contributed by atoms with Crippen LogP contribution in [0.1, 0.15) is 10.4 Å². The number of nitrogens with zero attached hydrogens (tertiary/aromatic N) is 2. The molecule has 0 radical (unpaired) electrons. The molecule has 1 saturated heterocycles. The monoisotopic (exact) mass is 346 g/mol. The SMILES string of the molecule is COc1ccc(Cl)cc1C(=O)N1CCN(c2ccccc2O)CC1. The molecule has 1 amide bonds. The third-order valence-corrected chi connectivity index (χ3v) is 4.42. The van der Waals surface area contributed by atoms with E-state index >= 15 is 0 Å². The summed E-state index contributed by atoms with van der Waals surface area (Å²) in [7, 11) is 1.54. The number of phenolic OH excluding ortho intramolecular Hbond substituents is 1. The minimum Gasteiger partial charge on any atom is -0.506 e. The Morgan fingerprint density at radius 3 is 2.50 bits per heavy atom. The van der Waals surface area contributed by atoms with Crippen LogP contribution in [0.15, 0.2) is 42.5 Å². The summed E-state index contributed by atoms with van der Waals surface area (Å²) < 4.78 is 5.27. The predicted molar refractivity (Wildman–Crippen MR) is 94.2 cm³/mol. The zero-order chi connectivity index (χ0) is 17.1. The molecule has 0 atom stereocenters. The number of aromatic hydroxyl groups is 1. The lowest BCUT2D eigenvalue weighted by atomic mass is 10.1. The molecule has 2 aromatic rings. The number of anilines is 1. The van der Waals surface area contributed by atoms with Crippen LogP contribution in [0.2, 0.25) is 5.02 Å². The van der Waals surface area contributed by atoms with Crippen LogP contribution in [-0.2, 0) is 0 Å². The number of carbonyl (C=O) groups excluding carboxylic acids is 1. The van der Waals surface area contributed by atoms with E-state index in [0.29, 0.717) is 42.5 Å². The van der Waals surface area contributed by atoms with Gasteiger partial charge in [0.05, 0.1) is 18.4 Å². The van der Waals surface area contributed by atoms with Gasteiger partial charge in [-0.25, -0.2) is 0 Å². The molecule has 3 rings (SSSR count). The molecule has 1 fully saturated rings. The molecular formula is C18H19ClN2O3. The van der Waals surface area contributed by atoms with Gasteiger partial charge in [0.25, 0.3) is 5.91 Å². The molecule has 0 bridgehead atoms. The maximum absolute atomic E-state index is 12.8. The van der Waals surface area contributed by atoms with Crippen molar-refractivity contribution in [2.75, 3.05) is 38.2 Å². The van der Waals surface area contributed by atoms with Gasteiger partial charge in [0.15, 0.2) is 0 Å². The highest BCUT2D eigenvalue weighted by molar-refractivity contribution is 6.31. The standard InChI is InChI=1S/C18H19ClN2O3/c1-24-17-7-6-13(19)12-14(17)18(23)21-10-8-20(9-11-21)15-4-2-3-5-16(15)22/h2-7,12,22H,8-11H2,1H3. The Balaban J connectivity index is 1.72.